The largest absolute Gasteiger partial charge is 0.324 e. The predicted octanol–water partition coefficient (Wildman–Crippen LogP) is 2.36. The van der Waals surface area contributed by atoms with Crippen molar-refractivity contribution in [2.45, 2.75) is 26.3 Å². The molecule has 0 heterocycles. The molecule has 1 nitrogen and oxygen atoms in total. The van der Waals surface area contributed by atoms with Gasteiger partial charge in [0.2, 0.25) is 0 Å². The highest BCUT2D eigenvalue weighted by atomic mass is 14.6. The van der Waals surface area contributed by atoms with Crippen LogP contribution < -0.4 is 5.73 Å². The lowest BCUT2D eigenvalue weighted by molar-refractivity contribution is 0.807. The quantitative estimate of drug-likeness (QED) is 0.701. The molecule has 0 amide bonds. The minimum Gasteiger partial charge on any atom is -0.324 e. The van der Waals surface area contributed by atoms with Crippen molar-refractivity contribution in [2.75, 3.05) is 0 Å². The van der Waals surface area contributed by atoms with Crippen LogP contribution in [-0.4, -0.2) is 6.04 Å². The third-order valence-electron chi connectivity index (χ3n) is 2.26. The summed E-state index contributed by atoms with van der Waals surface area (Å²) >= 11 is 0. The Morgan fingerprint density at radius 1 is 1.46 bits per heavy atom. The molecule has 1 atom stereocenters. The lowest BCUT2D eigenvalue weighted by atomic mass is 10.00. The van der Waals surface area contributed by atoms with Gasteiger partial charge in [-0.05, 0) is 31.4 Å². The molecular weight excluding hydrogens is 158 g/mol. The summed E-state index contributed by atoms with van der Waals surface area (Å²) in [5.41, 5.74) is 9.73. The molecule has 0 aliphatic rings. The average molecular weight is 175 g/mol. The summed E-state index contributed by atoms with van der Waals surface area (Å²) in [7, 11) is 0. The van der Waals surface area contributed by atoms with Gasteiger partial charge in [-0.1, -0.05) is 29.8 Å². The highest BCUT2D eigenvalue weighted by molar-refractivity contribution is 5.31. The van der Waals surface area contributed by atoms with Gasteiger partial charge in [0.15, 0.2) is 0 Å². The van der Waals surface area contributed by atoms with Crippen molar-refractivity contribution in [1.82, 2.24) is 0 Å². The third-order valence-corrected chi connectivity index (χ3v) is 2.26. The van der Waals surface area contributed by atoms with Crippen LogP contribution in [-0.2, 0) is 6.42 Å². The fourth-order valence-corrected chi connectivity index (χ4v) is 1.41. The maximum Gasteiger partial charge on any atom is 0.0262 e. The molecule has 0 spiro atoms. The summed E-state index contributed by atoms with van der Waals surface area (Å²) in [6.45, 7) is 7.90. The second-order valence-electron chi connectivity index (χ2n) is 3.53. The van der Waals surface area contributed by atoms with Crippen LogP contribution in [0, 0.1) is 13.8 Å². The minimum absolute atomic E-state index is 0.0707. The van der Waals surface area contributed by atoms with Gasteiger partial charge in [0.25, 0.3) is 0 Å². The van der Waals surface area contributed by atoms with E-state index in [1.165, 1.54) is 16.7 Å². The third kappa shape index (κ3) is 2.71. The van der Waals surface area contributed by atoms with Gasteiger partial charge in [0.1, 0.15) is 0 Å². The Morgan fingerprint density at radius 3 is 2.69 bits per heavy atom. The first kappa shape index (κ1) is 10.0. The van der Waals surface area contributed by atoms with Crippen LogP contribution in [0.5, 0.6) is 0 Å². The van der Waals surface area contributed by atoms with Gasteiger partial charge in [0.05, 0.1) is 0 Å². The molecule has 1 rings (SSSR count). The van der Waals surface area contributed by atoms with Gasteiger partial charge in [-0.2, -0.15) is 0 Å². The number of aryl methyl sites for hydroxylation is 2. The normalized spacial score (nSPS) is 12.5. The maximum atomic E-state index is 5.79. The van der Waals surface area contributed by atoms with E-state index in [0.29, 0.717) is 0 Å². The summed E-state index contributed by atoms with van der Waals surface area (Å²) in [5, 5.41) is 0. The number of benzene rings is 1. The van der Waals surface area contributed by atoms with E-state index in [2.05, 4.69) is 38.6 Å². The molecule has 70 valence electrons. The minimum atomic E-state index is 0.0707. The zero-order valence-electron chi connectivity index (χ0n) is 8.38. The second-order valence-corrected chi connectivity index (χ2v) is 3.53. The van der Waals surface area contributed by atoms with Crippen molar-refractivity contribution in [3.63, 3.8) is 0 Å². The Labute approximate surface area is 80.3 Å². The lowest BCUT2D eigenvalue weighted by Crippen LogP contribution is -2.19. The Kier molecular flexibility index (Phi) is 3.26. The van der Waals surface area contributed by atoms with Gasteiger partial charge in [0, 0.05) is 6.04 Å². The predicted molar refractivity (Wildman–Crippen MR) is 57.8 cm³/mol. The van der Waals surface area contributed by atoms with Gasteiger partial charge in [-0.3, -0.25) is 0 Å². The van der Waals surface area contributed by atoms with Crippen molar-refractivity contribution in [2.24, 2.45) is 5.73 Å². The summed E-state index contributed by atoms with van der Waals surface area (Å²) in [5.74, 6) is 0. The van der Waals surface area contributed by atoms with E-state index in [-0.39, 0.29) is 6.04 Å². The van der Waals surface area contributed by atoms with Crippen molar-refractivity contribution in [1.29, 1.82) is 0 Å². The summed E-state index contributed by atoms with van der Waals surface area (Å²) in [6, 6.07) is 6.53. The monoisotopic (exact) mass is 175 g/mol. The van der Waals surface area contributed by atoms with Crippen molar-refractivity contribution in [3.05, 3.63) is 47.5 Å². The molecule has 0 saturated heterocycles. The van der Waals surface area contributed by atoms with Gasteiger partial charge < -0.3 is 5.73 Å². The van der Waals surface area contributed by atoms with E-state index in [9.17, 15) is 0 Å². The molecular formula is C12H17N. The average Bonchev–Trinajstić information content (AvgIpc) is 2.09. The van der Waals surface area contributed by atoms with Crippen LogP contribution in [0.1, 0.15) is 16.7 Å². The maximum absolute atomic E-state index is 5.79. The molecule has 0 fully saturated rings. The molecule has 0 bridgehead atoms. The summed E-state index contributed by atoms with van der Waals surface area (Å²) in [6.07, 6.45) is 2.68. The highest BCUT2D eigenvalue weighted by Crippen LogP contribution is 2.12. The molecule has 1 unspecified atom stereocenters. The first-order valence-corrected chi connectivity index (χ1v) is 4.57. The van der Waals surface area contributed by atoms with E-state index >= 15 is 0 Å². The molecule has 0 radical (unpaired) electrons. The fourth-order valence-electron chi connectivity index (χ4n) is 1.41. The molecule has 0 aromatic heterocycles. The second kappa shape index (κ2) is 4.24. The molecule has 1 heteroatoms. The van der Waals surface area contributed by atoms with Crippen LogP contribution in [0.2, 0.25) is 0 Å². The highest BCUT2D eigenvalue weighted by Gasteiger charge is 2.02. The molecule has 2 N–H and O–H groups in total. The van der Waals surface area contributed by atoms with Gasteiger partial charge >= 0.3 is 0 Å². The Balaban J connectivity index is 2.83. The molecule has 0 aliphatic carbocycles. The number of nitrogens with two attached hydrogens (primary N) is 1. The Morgan fingerprint density at radius 2 is 2.15 bits per heavy atom. The first-order chi connectivity index (χ1) is 6.13. The molecule has 0 saturated carbocycles. The van der Waals surface area contributed by atoms with Crippen molar-refractivity contribution < 1.29 is 0 Å². The van der Waals surface area contributed by atoms with Crippen LogP contribution in [0.4, 0.5) is 0 Å². The van der Waals surface area contributed by atoms with Crippen LogP contribution in [0.3, 0.4) is 0 Å². The van der Waals surface area contributed by atoms with E-state index in [0.717, 1.165) is 6.42 Å². The first-order valence-electron chi connectivity index (χ1n) is 4.57. The van der Waals surface area contributed by atoms with Crippen LogP contribution in [0.15, 0.2) is 30.9 Å². The fraction of sp³-hybridized carbons (Fsp3) is 0.333. The molecule has 13 heavy (non-hydrogen) atoms. The molecule has 1 aromatic carbocycles. The number of hydrogen-bond acceptors (Lipinski definition) is 1. The standard InChI is InChI=1S/C12H17N/c1-4-12(13)8-11-6-5-9(2)7-10(11)3/h4-7,12H,1,8,13H2,2-3H3. The summed E-state index contributed by atoms with van der Waals surface area (Å²) in [4.78, 5) is 0. The van der Waals surface area contributed by atoms with E-state index in [1.54, 1.807) is 6.08 Å². The Bertz CT molecular complexity index is 302. The Hall–Kier alpha value is -1.08. The van der Waals surface area contributed by atoms with Crippen molar-refractivity contribution >= 4 is 0 Å². The van der Waals surface area contributed by atoms with Crippen molar-refractivity contribution in [3.8, 4) is 0 Å². The smallest absolute Gasteiger partial charge is 0.0262 e. The lowest BCUT2D eigenvalue weighted by Gasteiger charge is -2.09. The number of hydrogen-bond donors (Lipinski definition) is 1. The van der Waals surface area contributed by atoms with Gasteiger partial charge in [-0.25, -0.2) is 0 Å². The van der Waals surface area contributed by atoms with Gasteiger partial charge in [-0.15, -0.1) is 6.58 Å². The zero-order chi connectivity index (χ0) is 9.84. The summed E-state index contributed by atoms with van der Waals surface area (Å²) < 4.78 is 0. The SMILES string of the molecule is C=CC(N)Cc1ccc(C)cc1C. The number of rotatable bonds is 3. The molecule has 0 aliphatic heterocycles. The zero-order valence-corrected chi connectivity index (χ0v) is 8.38. The topological polar surface area (TPSA) is 26.0 Å². The molecule has 1 aromatic rings. The van der Waals surface area contributed by atoms with E-state index < -0.39 is 0 Å². The van der Waals surface area contributed by atoms with Crippen LogP contribution in [0.25, 0.3) is 0 Å². The van der Waals surface area contributed by atoms with E-state index in [4.69, 9.17) is 5.73 Å². The van der Waals surface area contributed by atoms with Crippen LogP contribution >= 0.6 is 0 Å². The van der Waals surface area contributed by atoms with E-state index in [1.807, 2.05) is 0 Å².